The molecule has 2 N–H and O–H groups in total. The molecule has 0 spiro atoms. The molecule has 7 heteroatoms. The molecule has 122 valence electrons. The number of aromatic amines is 2. The molecular weight excluding hydrogens is 352 g/mol. The summed E-state index contributed by atoms with van der Waals surface area (Å²) in [6.45, 7) is 0. The average molecular weight is 364 g/mol. The van der Waals surface area contributed by atoms with Crippen molar-refractivity contribution in [3.8, 4) is 5.69 Å². The number of aromatic nitrogens is 4. The summed E-state index contributed by atoms with van der Waals surface area (Å²) in [5.41, 5.74) is 2.25. The van der Waals surface area contributed by atoms with Crippen LogP contribution in [0.1, 0.15) is 16.1 Å². The highest BCUT2D eigenvalue weighted by Gasteiger charge is 2.21. The maximum Gasteiger partial charge on any atom is 0.214 e. The number of para-hydroxylation sites is 1. The Balaban J connectivity index is 2.05. The van der Waals surface area contributed by atoms with Gasteiger partial charge in [0, 0.05) is 5.56 Å². The summed E-state index contributed by atoms with van der Waals surface area (Å²) in [4.78, 5) is 18.9. The van der Waals surface area contributed by atoms with E-state index in [1.54, 1.807) is 16.8 Å². The SMILES string of the molecule is O=C(c1ccccc1)c1nn(-c2ccccc2)c2[nH]c(=S)[nH]c(=S)c12. The topological polar surface area (TPSA) is 66.5 Å². The molecule has 2 aromatic heterocycles. The van der Waals surface area contributed by atoms with E-state index >= 15 is 0 Å². The van der Waals surface area contributed by atoms with Gasteiger partial charge in [-0.3, -0.25) is 4.79 Å². The smallest absolute Gasteiger partial charge is 0.214 e. The first-order valence-electron chi connectivity index (χ1n) is 7.55. The van der Waals surface area contributed by atoms with Crippen molar-refractivity contribution in [3.05, 3.63) is 81.3 Å². The molecule has 2 heterocycles. The Morgan fingerprint density at radius 1 is 0.920 bits per heavy atom. The number of nitrogens with one attached hydrogen (secondary N) is 2. The Kier molecular flexibility index (Phi) is 3.87. The fourth-order valence-electron chi connectivity index (χ4n) is 2.69. The molecule has 0 fully saturated rings. The predicted octanol–water partition coefficient (Wildman–Crippen LogP) is 4.37. The quantitative estimate of drug-likeness (QED) is 0.418. The maximum absolute atomic E-state index is 13.0. The molecule has 25 heavy (non-hydrogen) atoms. The van der Waals surface area contributed by atoms with Crippen molar-refractivity contribution in [3.63, 3.8) is 0 Å². The Morgan fingerprint density at radius 2 is 1.56 bits per heavy atom. The molecule has 0 aliphatic rings. The van der Waals surface area contributed by atoms with Crippen molar-refractivity contribution in [1.82, 2.24) is 19.7 Å². The number of H-pyrrole nitrogens is 2. The third-order valence-corrected chi connectivity index (χ3v) is 4.33. The average Bonchev–Trinajstić information content (AvgIpc) is 3.02. The van der Waals surface area contributed by atoms with Crippen molar-refractivity contribution >= 4 is 41.3 Å². The van der Waals surface area contributed by atoms with Gasteiger partial charge in [0.1, 0.15) is 16.0 Å². The van der Waals surface area contributed by atoms with Gasteiger partial charge in [-0.15, -0.1) is 0 Å². The summed E-state index contributed by atoms with van der Waals surface area (Å²) < 4.78 is 2.43. The molecule has 4 aromatic rings. The minimum Gasteiger partial charge on any atom is -0.323 e. The predicted molar refractivity (Wildman–Crippen MR) is 101 cm³/mol. The zero-order valence-electron chi connectivity index (χ0n) is 12.9. The van der Waals surface area contributed by atoms with Crippen LogP contribution in [0.2, 0.25) is 0 Å². The monoisotopic (exact) mass is 364 g/mol. The summed E-state index contributed by atoms with van der Waals surface area (Å²) in [6, 6.07) is 18.5. The van der Waals surface area contributed by atoms with Crippen LogP contribution in [0, 0.1) is 9.41 Å². The molecule has 0 saturated carbocycles. The number of carbonyl (C=O) groups is 1. The highest BCUT2D eigenvalue weighted by molar-refractivity contribution is 7.72. The largest absolute Gasteiger partial charge is 0.323 e. The van der Waals surface area contributed by atoms with Crippen LogP contribution >= 0.6 is 24.4 Å². The molecule has 4 rings (SSSR count). The Bertz CT molecular complexity index is 1190. The van der Waals surface area contributed by atoms with Crippen LogP contribution in [0.3, 0.4) is 0 Å². The van der Waals surface area contributed by atoms with E-state index in [4.69, 9.17) is 24.4 Å². The van der Waals surface area contributed by atoms with Crippen LogP contribution in [0.5, 0.6) is 0 Å². The van der Waals surface area contributed by atoms with E-state index in [0.717, 1.165) is 5.69 Å². The summed E-state index contributed by atoms with van der Waals surface area (Å²) in [6.07, 6.45) is 0. The summed E-state index contributed by atoms with van der Waals surface area (Å²) in [5.74, 6) is -0.190. The second-order valence-corrected chi connectivity index (χ2v) is 6.24. The van der Waals surface area contributed by atoms with E-state index in [-0.39, 0.29) is 11.5 Å². The van der Waals surface area contributed by atoms with Gasteiger partial charge in [0.25, 0.3) is 0 Å². The Labute approximate surface area is 153 Å². The number of fused-ring (bicyclic) bond motifs is 1. The molecule has 0 amide bonds. The molecule has 0 aliphatic carbocycles. The Hall–Kier alpha value is -2.90. The van der Waals surface area contributed by atoms with E-state index < -0.39 is 0 Å². The molecule has 0 unspecified atom stereocenters. The third-order valence-electron chi connectivity index (χ3n) is 3.82. The zero-order valence-corrected chi connectivity index (χ0v) is 14.5. The summed E-state index contributed by atoms with van der Waals surface area (Å²) in [7, 11) is 0. The number of carbonyl (C=O) groups excluding carboxylic acids is 1. The van der Waals surface area contributed by atoms with Crippen LogP contribution in [0.15, 0.2) is 60.7 Å². The van der Waals surface area contributed by atoms with Crippen LogP contribution < -0.4 is 0 Å². The van der Waals surface area contributed by atoms with Gasteiger partial charge in [-0.1, -0.05) is 60.7 Å². The number of hydrogen-bond donors (Lipinski definition) is 2. The van der Waals surface area contributed by atoms with Gasteiger partial charge in [0.2, 0.25) is 5.78 Å². The summed E-state index contributed by atoms with van der Waals surface area (Å²) >= 11 is 10.6. The first-order chi connectivity index (χ1) is 12.1. The Morgan fingerprint density at radius 3 is 2.24 bits per heavy atom. The lowest BCUT2D eigenvalue weighted by molar-refractivity contribution is 0.103. The van der Waals surface area contributed by atoms with Gasteiger partial charge in [-0.05, 0) is 24.4 Å². The van der Waals surface area contributed by atoms with Crippen LogP contribution in [0.4, 0.5) is 0 Å². The molecule has 0 aliphatic heterocycles. The third kappa shape index (κ3) is 2.73. The number of nitrogens with zero attached hydrogens (tertiary/aromatic N) is 2. The molecule has 0 bridgehead atoms. The molecule has 0 atom stereocenters. The van der Waals surface area contributed by atoms with Gasteiger partial charge in [0.05, 0.1) is 11.1 Å². The van der Waals surface area contributed by atoms with Crippen LogP contribution in [0.25, 0.3) is 16.7 Å². The minimum atomic E-state index is -0.190. The number of ketones is 1. The van der Waals surface area contributed by atoms with Gasteiger partial charge in [-0.25, -0.2) is 4.68 Å². The zero-order chi connectivity index (χ0) is 17.4. The van der Waals surface area contributed by atoms with Gasteiger partial charge >= 0.3 is 0 Å². The van der Waals surface area contributed by atoms with E-state index in [1.165, 1.54) is 0 Å². The van der Waals surface area contributed by atoms with Crippen molar-refractivity contribution in [2.24, 2.45) is 0 Å². The number of rotatable bonds is 3. The highest BCUT2D eigenvalue weighted by Crippen LogP contribution is 2.23. The normalized spacial score (nSPS) is 10.9. The first-order valence-corrected chi connectivity index (χ1v) is 8.37. The second kappa shape index (κ2) is 6.19. The lowest BCUT2D eigenvalue weighted by Crippen LogP contribution is -2.04. The van der Waals surface area contributed by atoms with Crippen LogP contribution in [-0.4, -0.2) is 25.5 Å². The second-order valence-electron chi connectivity index (χ2n) is 5.42. The lowest BCUT2D eigenvalue weighted by Gasteiger charge is -2.02. The van der Waals surface area contributed by atoms with E-state index in [1.807, 2.05) is 48.5 Å². The molecule has 5 nitrogen and oxygen atoms in total. The fraction of sp³-hybridized carbons (Fsp3) is 0. The van der Waals surface area contributed by atoms with Crippen molar-refractivity contribution in [2.45, 2.75) is 0 Å². The number of benzene rings is 2. The highest BCUT2D eigenvalue weighted by atomic mass is 32.1. The van der Waals surface area contributed by atoms with E-state index in [9.17, 15) is 4.79 Å². The van der Waals surface area contributed by atoms with E-state index in [2.05, 4.69) is 15.1 Å². The standard InChI is InChI=1S/C18H12N4OS2/c23-15(11-7-3-1-4-8-11)14-13-16(19-18(25)20-17(13)24)22(21-14)12-9-5-2-6-10-12/h1-10H,(H2,19,20,24,25). The molecular formula is C18H12N4OS2. The van der Waals surface area contributed by atoms with Gasteiger partial charge in [-0.2, -0.15) is 5.10 Å². The maximum atomic E-state index is 13.0. The molecule has 0 radical (unpaired) electrons. The van der Waals surface area contributed by atoms with Crippen molar-refractivity contribution in [2.75, 3.05) is 0 Å². The van der Waals surface area contributed by atoms with Gasteiger partial charge in [0.15, 0.2) is 4.77 Å². The first kappa shape index (κ1) is 15.6. The summed E-state index contributed by atoms with van der Waals surface area (Å²) in [5, 5.41) is 5.10. The number of hydrogen-bond acceptors (Lipinski definition) is 4. The fourth-order valence-corrected chi connectivity index (χ4v) is 3.25. The van der Waals surface area contributed by atoms with Crippen molar-refractivity contribution < 1.29 is 4.79 Å². The van der Waals surface area contributed by atoms with Gasteiger partial charge < -0.3 is 9.97 Å². The van der Waals surface area contributed by atoms with E-state index in [0.29, 0.717) is 26.0 Å². The van der Waals surface area contributed by atoms with Crippen molar-refractivity contribution in [1.29, 1.82) is 0 Å². The lowest BCUT2D eigenvalue weighted by atomic mass is 10.1. The van der Waals surface area contributed by atoms with Crippen LogP contribution in [-0.2, 0) is 0 Å². The minimum absolute atomic E-state index is 0.190. The molecule has 2 aromatic carbocycles. The molecule has 0 saturated heterocycles.